The maximum Gasteiger partial charge on any atom is 0.409 e. The molecule has 0 spiro atoms. The van der Waals surface area contributed by atoms with E-state index in [1.54, 1.807) is 80.6 Å². The Kier molecular flexibility index (Phi) is 36.2. The summed E-state index contributed by atoms with van der Waals surface area (Å²) in [5.74, 6) is -11.1. The quantitative estimate of drug-likeness (QED) is 0.0137. The number of amides is 10. The van der Waals surface area contributed by atoms with Crippen molar-refractivity contribution < 1.29 is 96.5 Å². The van der Waals surface area contributed by atoms with Gasteiger partial charge in [0, 0.05) is 80.7 Å². The molecule has 0 radical (unpaired) electrons. The van der Waals surface area contributed by atoms with Crippen LogP contribution >= 0.6 is 54.8 Å². The van der Waals surface area contributed by atoms with Crippen LogP contribution in [0, 0.1) is 11.8 Å². The number of benzene rings is 4. The van der Waals surface area contributed by atoms with Crippen LogP contribution in [-0.2, 0) is 97.4 Å². The monoisotopic (exact) mass is 1820 g/mol. The number of esters is 1. The minimum Gasteiger partial charge on any atom is -0.508 e. The number of ketones is 1. The average molecular weight is 1830 g/mol. The molecule has 9 rings (SSSR count). The van der Waals surface area contributed by atoms with Crippen molar-refractivity contribution >= 4 is 137 Å². The van der Waals surface area contributed by atoms with Gasteiger partial charge in [0.2, 0.25) is 53.2 Å². The Bertz CT molecular complexity index is 4650. The van der Waals surface area contributed by atoms with Crippen LogP contribution in [-0.4, -0.2) is 238 Å². The van der Waals surface area contributed by atoms with E-state index in [1.165, 1.54) is 74.9 Å². The van der Waals surface area contributed by atoms with E-state index < -0.39 is 191 Å². The number of phenolic OH excluding ortho intramolecular Hbond substituents is 1. The van der Waals surface area contributed by atoms with Crippen molar-refractivity contribution in [2.24, 2.45) is 29.0 Å². The number of alkyl carbamates (subject to hydrolysis) is 1. The van der Waals surface area contributed by atoms with Gasteiger partial charge >= 0.3 is 12.1 Å². The number of aliphatic hydroxyl groups excluding tert-OH is 1. The van der Waals surface area contributed by atoms with E-state index in [-0.39, 0.29) is 91.7 Å². The highest BCUT2D eigenvalue weighted by atomic mass is 35.5. The van der Waals surface area contributed by atoms with Gasteiger partial charge in [0.15, 0.2) is 11.5 Å². The highest BCUT2D eigenvalue weighted by Crippen LogP contribution is 2.50. The summed E-state index contributed by atoms with van der Waals surface area (Å²) in [4.78, 5) is 177. The summed E-state index contributed by atoms with van der Waals surface area (Å²) < 4.78 is 29.0. The van der Waals surface area contributed by atoms with Crippen molar-refractivity contribution in [2.75, 3.05) is 57.0 Å². The molecule has 4 aliphatic heterocycles. The summed E-state index contributed by atoms with van der Waals surface area (Å²) in [6, 6.07) is 14.5. The van der Waals surface area contributed by atoms with Gasteiger partial charge in [-0.1, -0.05) is 158 Å². The second-order valence-electron chi connectivity index (χ2n) is 33.1. The topological polar surface area (TPSA) is 484 Å². The number of anilines is 1. The fourth-order valence-electron chi connectivity index (χ4n) is 15.2. The molecule has 0 saturated carbocycles. The zero-order valence-electron chi connectivity index (χ0n) is 72.1. The number of likely N-dealkylation sites (N-methyl/N-ethyl adjacent to an activating group) is 1. The molecule has 0 unspecified atom stereocenters. The molecule has 1 aliphatic carbocycles. The van der Waals surface area contributed by atoms with Gasteiger partial charge in [0.25, 0.3) is 0 Å². The van der Waals surface area contributed by atoms with Crippen LogP contribution in [0.25, 0.3) is 5.57 Å². The number of hydrogen-bond donors (Lipinski definition) is 13. The number of carbonyl (C=O) groups is 12. The fourth-order valence-corrected chi connectivity index (χ4v) is 20.7. The van der Waals surface area contributed by atoms with E-state index in [1.807, 2.05) is 57.2 Å². The number of phenols is 1. The number of nitrogens with two attached hydrogens (primary N) is 3. The number of Topliss-reactive ketones (excluding diaryl/α,β-unsaturated/α-hetero) is 1. The summed E-state index contributed by atoms with van der Waals surface area (Å²) >= 11 is 6.91. The van der Waals surface area contributed by atoms with Gasteiger partial charge < -0.3 is 97.9 Å². The molecule has 3 fully saturated rings. The van der Waals surface area contributed by atoms with Crippen molar-refractivity contribution in [2.45, 2.75) is 227 Å². The predicted octanol–water partition coefficient (Wildman–Crippen LogP) is 5.88. The predicted molar refractivity (Wildman–Crippen MR) is 480 cm³/mol. The van der Waals surface area contributed by atoms with E-state index in [0.717, 1.165) is 60.2 Å². The number of nitrogens with one attached hydrogen (secondary N) is 7. The number of halogens is 1. The number of primary amides is 1. The van der Waals surface area contributed by atoms with Gasteiger partial charge in [-0.15, -0.1) is 0 Å². The Morgan fingerprint density at radius 2 is 1.56 bits per heavy atom. The number of hydrogen-bond acceptors (Lipinski definition) is 26. The first-order valence-electron chi connectivity index (χ1n) is 41.5. The smallest absolute Gasteiger partial charge is 0.409 e. The van der Waals surface area contributed by atoms with Crippen molar-refractivity contribution in [1.82, 2.24) is 42.1 Å². The lowest BCUT2D eigenvalue weighted by Gasteiger charge is -2.42. The van der Waals surface area contributed by atoms with E-state index >= 15 is 14.4 Å². The molecule has 4 aromatic carbocycles. The zero-order chi connectivity index (χ0) is 91.4. The molecule has 5 aliphatic rings. The number of aromatic hydroxyl groups is 1. The lowest BCUT2D eigenvalue weighted by Crippen LogP contribution is -2.63. The molecular weight excluding hydrogens is 1710 g/mol. The number of fused-ring (bicyclic) bond motifs is 6. The van der Waals surface area contributed by atoms with Crippen LogP contribution in [0.15, 0.2) is 121 Å². The van der Waals surface area contributed by atoms with Crippen molar-refractivity contribution in [3.63, 3.8) is 0 Å². The highest BCUT2D eigenvalue weighted by molar-refractivity contribution is 8.77. The standard InChI is InChI=1S/C88H117ClN12O20S4/c1-48-20-19-26-70(118-11)88(116)44-69(119-85(115)99-88)49(2)76-87(7,121-76)71(43-73(106)101(9)66-39-54(36-48)40-68(117-10)74(66)89)120-84(114)50(3)100(8)72(105)33-34-86(5,6)125-124-46-64(77(92)107)96-82(112)65-47-123-122-45-63(95-79(109)60(91)38-52-21-13-12-14-22-52)67(104)42-57(37-53-27-31-58(103)32-28-53)78(108)94-62(41-56-30-29-55-23-15-16-24-59(55)56)81(111)93-61(25-17-18-35-90)80(110)98-75(51(4)102)83(113)97-65/h12-16,19-24,26-28,30-32,39-40,49-51,57,60-65,69-71,75-76,102-103,116H,17-18,25,29,33-38,41-47,90-91H2,1-11H3,(H2,92,107)(H,93,111)(H,94,108)(H,95,109)(H,96,112)(H,97,113)(H,98,110)(H,99,115)/b26-19+,48-20+/t49-,50+,51-,57-,60-,61+,62-,63+,64+,65+,69+,70-,71+,75+,76+,87+,88+/m1/s1. The third-order valence-electron chi connectivity index (χ3n) is 23.0. The van der Waals surface area contributed by atoms with Crippen LogP contribution < -0.4 is 64.1 Å². The number of ether oxygens (including phenoxy) is 5. The minimum atomic E-state index is -1.95. The SMILES string of the molecule is COc1cc2cc(c1Cl)N(C)C(=O)C[C@H](OC(=O)[C@H](C)N(C)C(=O)CCC(C)(C)SSC[C@H](NC(=O)[C@@H]1CSSC[C@H](NC(=O)[C@H](N)Cc3ccccc3)C(=O)C[C@@H](Cc3ccc(O)cc3)C(=O)N[C@H](CC3=CCc4ccccc43)C(=O)N[C@@H](CCCCN)C(=O)N[C@@H]([C@@H](C)O)C(=O)N1)C(N)=O)[C@]1(C)O[C@H]1[C@H](C)[C@@H]1C[C@@](O)(NC(=O)O1)[C@H](OC)/C=C/C=C(\C)C2. The van der Waals surface area contributed by atoms with Crippen molar-refractivity contribution in [1.29, 1.82) is 0 Å². The molecule has 16 N–H and O–H groups in total. The molecule has 10 amide bonds. The Hall–Kier alpha value is -9.21. The molecule has 680 valence electrons. The largest absolute Gasteiger partial charge is 0.508 e. The van der Waals surface area contributed by atoms with Crippen LogP contribution in [0.2, 0.25) is 5.02 Å². The number of allylic oxidation sites excluding steroid dienone is 4. The van der Waals surface area contributed by atoms with E-state index in [9.17, 15) is 58.5 Å². The molecule has 32 nitrogen and oxygen atoms in total. The molecule has 0 aromatic heterocycles. The van der Waals surface area contributed by atoms with Crippen LogP contribution in [0.4, 0.5) is 10.5 Å². The number of nitrogens with zero attached hydrogens (tertiary/aromatic N) is 2. The Morgan fingerprint density at radius 3 is 2.25 bits per heavy atom. The van der Waals surface area contributed by atoms with E-state index in [4.69, 9.17) is 52.5 Å². The number of methoxy groups -OCH3 is 2. The minimum absolute atomic E-state index is 0.0373. The van der Waals surface area contributed by atoms with Gasteiger partial charge in [-0.05, 0) is 157 Å². The van der Waals surface area contributed by atoms with Gasteiger partial charge in [-0.3, -0.25) is 53.3 Å². The zero-order valence-corrected chi connectivity index (χ0v) is 76.1. The molecule has 17 atom stereocenters. The summed E-state index contributed by atoms with van der Waals surface area (Å²) in [7, 11) is 10.1. The summed E-state index contributed by atoms with van der Waals surface area (Å²) in [5.41, 5.74) is 20.7. The molecule has 4 heterocycles. The summed E-state index contributed by atoms with van der Waals surface area (Å²) in [6.45, 7) is 11.8. The third-order valence-corrected chi connectivity index (χ3v) is 29.2. The van der Waals surface area contributed by atoms with Gasteiger partial charge in [0.1, 0.15) is 76.7 Å². The number of rotatable bonds is 28. The van der Waals surface area contributed by atoms with E-state index in [2.05, 4.69) is 37.2 Å². The Morgan fingerprint density at radius 1 is 0.872 bits per heavy atom. The molecule has 3 saturated heterocycles. The van der Waals surface area contributed by atoms with Gasteiger partial charge in [0.05, 0.1) is 43.5 Å². The molecule has 4 aromatic rings. The molecule has 4 bridgehead atoms. The average Bonchev–Trinajstić information content (AvgIpc) is 1.57. The summed E-state index contributed by atoms with van der Waals surface area (Å²) in [5, 5.41) is 52.7. The second kappa shape index (κ2) is 45.5. The first-order chi connectivity index (χ1) is 59.2. The lowest BCUT2D eigenvalue weighted by atomic mass is 9.83. The van der Waals surface area contributed by atoms with E-state index in [0.29, 0.717) is 36.1 Å². The Labute approximate surface area is 749 Å². The number of epoxide rings is 1. The van der Waals surface area contributed by atoms with Crippen LogP contribution in [0.5, 0.6) is 11.5 Å². The lowest BCUT2D eigenvalue weighted by molar-refractivity contribution is -0.162. The first-order valence-corrected chi connectivity index (χ1v) is 46.7. The number of unbranched alkanes of at least 4 members (excludes halogenated alkanes) is 1. The third kappa shape index (κ3) is 27.4. The maximum atomic E-state index is 15.2. The molecule has 37 heteroatoms. The molecular formula is C88H117ClN12O20S4. The maximum absolute atomic E-state index is 15.2. The second-order valence-corrected chi connectivity index (χ2v) is 39.1. The normalized spacial score (nSPS) is 26.7. The molecule has 125 heavy (non-hydrogen) atoms. The highest BCUT2D eigenvalue weighted by Gasteiger charge is 2.65. The van der Waals surface area contributed by atoms with Crippen molar-refractivity contribution in [3.8, 4) is 11.5 Å². The number of carbonyl (C=O) groups excluding carboxylic acids is 12. The van der Waals surface area contributed by atoms with Crippen LogP contribution in [0.3, 0.4) is 0 Å². The van der Waals surface area contributed by atoms with Crippen LogP contribution in [0.1, 0.15) is 134 Å². The first kappa shape index (κ1) is 99.6. The van der Waals surface area contributed by atoms with Crippen molar-refractivity contribution in [3.05, 3.63) is 154 Å². The Balaban J connectivity index is 0.909. The fraction of sp³-hybridized carbons (Fsp3) is 0.523. The van der Waals surface area contributed by atoms with Gasteiger partial charge in [-0.25, -0.2) is 9.59 Å². The van der Waals surface area contributed by atoms with Gasteiger partial charge in [-0.2, -0.15) is 0 Å². The number of aliphatic hydroxyl groups is 2. The summed E-state index contributed by atoms with van der Waals surface area (Å²) in [6.07, 6.45) is 0.706.